The van der Waals surface area contributed by atoms with Gasteiger partial charge in [0.1, 0.15) is 11.6 Å². The minimum absolute atomic E-state index is 0.120. The number of amides is 1. The smallest absolute Gasteiger partial charge is 0.372 e. The van der Waals surface area contributed by atoms with E-state index in [2.05, 4.69) is 20.4 Å². The quantitative estimate of drug-likeness (QED) is 0.565. The normalized spacial score (nSPS) is 20.9. The lowest BCUT2D eigenvalue weighted by molar-refractivity contribution is -0.141. The number of nitrogens with zero attached hydrogens (tertiary/aromatic N) is 5. The van der Waals surface area contributed by atoms with Crippen LogP contribution in [0.1, 0.15) is 29.9 Å². The molecule has 2 aromatic heterocycles. The van der Waals surface area contributed by atoms with Crippen LogP contribution in [0.25, 0.3) is 5.69 Å². The largest absolute Gasteiger partial charge is 0.434 e. The zero-order valence-corrected chi connectivity index (χ0v) is 18.3. The maximum absolute atomic E-state index is 14.1. The van der Waals surface area contributed by atoms with Crippen LogP contribution in [-0.4, -0.2) is 61.9 Å². The van der Waals surface area contributed by atoms with Crippen LogP contribution in [0.4, 0.5) is 23.4 Å². The zero-order chi connectivity index (χ0) is 24.5. The van der Waals surface area contributed by atoms with Gasteiger partial charge in [-0.15, -0.1) is 0 Å². The molecule has 3 atom stereocenters. The number of nitrogens with one attached hydrogen (secondary N) is 1. The number of hydrogen-bond acceptors (Lipinski definition) is 6. The van der Waals surface area contributed by atoms with E-state index in [4.69, 9.17) is 4.74 Å². The van der Waals surface area contributed by atoms with Gasteiger partial charge in [-0.2, -0.15) is 18.3 Å². The second kappa shape index (κ2) is 9.37. The zero-order valence-electron chi connectivity index (χ0n) is 18.3. The Morgan fingerprint density at radius 2 is 2.03 bits per heavy atom. The highest BCUT2D eigenvalue weighted by Gasteiger charge is 2.37. The monoisotopic (exact) mass is 478 g/mol. The molecule has 4 rings (SSSR count). The van der Waals surface area contributed by atoms with E-state index in [1.54, 1.807) is 30.3 Å². The lowest BCUT2D eigenvalue weighted by Crippen LogP contribution is -2.58. The molecule has 1 aromatic carbocycles. The molecular formula is C22H22F4N6O2. The number of carbonyl (C=O) groups is 1. The molecule has 1 aliphatic rings. The molecule has 34 heavy (non-hydrogen) atoms. The van der Waals surface area contributed by atoms with Crippen molar-refractivity contribution < 1.29 is 27.1 Å². The van der Waals surface area contributed by atoms with Crippen LogP contribution in [0.5, 0.6) is 0 Å². The summed E-state index contributed by atoms with van der Waals surface area (Å²) in [4.78, 5) is 22.3. The molecule has 12 heteroatoms. The van der Waals surface area contributed by atoms with Gasteiger partial charge in [0.2, 0.25) is 0 Å². The van der Waals surface area contributed by atoms with Crippen molar-refractivity contribution in [3.8, 4) is 5.69 Å². The van der Waals surface area contributed by atoms with Crippen molar-refractivity contribution in [2.75, 3.05) is 18.4 Å². The Balaban J connectivity index is 1.58. The summed E-state index contributed by atoms with van der Waals surface area (Å²) in [7, 11) is 0. The molecule has 8 nitrogen and oxygen atoms in total. The maximum atomic E-state index is 14.1. The third-order valence-electron chi connectivity index (χ3n) is 5.48. The summed E-state index contributed by atoms with van der Waals surface area (Å²) in [5, 5.41) is 7.07. The summed E-state index contributed by atoms with van der Waals surface area (Å²) in [6.07, 6.45) is -0.461. The minimum atomic E-state index is -4.59. The summed E-state index contributed by atoms with van der Waals surface area (Å²) in [5.74, 6) is -0.866. The molecule has 1 saturated heterocycles. The number of benzene rings is 1. The van der Waals surface area contributed by atoms with Gasteiger partial charge in [-0.25, -0.2) is 19.0 Å². The van der Waals surface area contributed by atoms with Crippen LogP contribution < -0.4 is 5.32 Å². The first kappa shape index (κ1) is 23.6. The number of rotatable bonds is 5. The number of anilines is 1. The molecule has 3 heterocycles. The molecule has 0 saturated carbocycles. The van der Waals surface area contributed by atoms with Gasteiger partial charge in [-0.1, -0.05) is 0 Å². The van der Waals surface area contributed by atoms with Gasteiger partial charge in [0.05, 0.1) is 41.9 Å². The lowest BCUT2D eigenvalue weighted by Gasteiger charge is -2.43. The molecule has 0 unspecified atom stereocenters. The first-order valence-corrected chi connectivity index (χ1v) is 10.5. The van der Waals surface area contributed by atoms with Crippen LogP contribution in [0.3, 0.4) is 0 Å². The van der Waals surface area contributed by atoms with Crippen LogP contribution in [0, 0.1) is 5.82 Å². The van der Waals surface area contributed by atoms with Crippen molar-refractivity contribution >= 4 is 11.7 Å². The summed E-state index contributed by atoms with van der Waals surface area (Å²) in [5.41, 5.74) is -0.553. The summed E-state index contributed by atoms with van der Waals surface area (Å²) in [6.45, 7) is 3.98. The predicted octanol–water partition coefficient (Wildman–Crippen LogP) is 3.55. The number of aromatic nitrogens is 4. The Morgan fingerprint density at radius 3 is 2.68 bits per heavy atom. The average molecular weight is 478 g/mol. The fourth-order valence-electron chi connectivity index (χ4n) is 3.90. The van der Waals surface area contributed by atoms with Crippen molar-refractivity contribution in [2.24, 2.45) is 0 Å². The highest BCUT2D eigenvalue weighted by Crippen LogP contribution is 2.27. The first-order valence-electron chi connectivity index (χ1n) is 10.5. The molecule has 0 aliphatic carbocycles. The third-order valence-corrected chi connectivity index (χ3v) is 5.48. The van der Waals surface area contributed by atoms with Gasteiger partial charge in [0.25, 0.3) is 5.91 Å². The van der Waals surface area contributed by atoms with Gasteiger partial charge >= 0.3 is 6.18 Å². The second-order valence-electron chi connectivity index (χ2n) is 7.95. The maximum Gasteiger partial charge on any atom is 0.434 e. The van der Waals surface area contributed by atoms with Gasteiger partial charge in [0.15, 0.2) is 5.69 Å². The molecule has 1 N–H and O–H groups in total. The molecule has 3 aromatic rings. The fourth-order valence-corrected chi connectivity index (χ4v) is 3.90. The Bertz CT molecular complexity index is 1140. The van der Waals surface area contributed by atoms with Crippen LogP contribution in [0.2, 0.25) is 0 Å². The van der Waals surface area contributed by atoms with E-state index in [1.807, 2.05) is 6.92 Å². The summed E-state index contributed by atoms with van der Waals surface area (Å²) >= 11 is 0. The first-order chi connectivity index (χ1) is 16.1. The third kappa shape index (κ3) is 5.01. The minimum Gasteiger partial charge on any atom is -0.372 e. The highest BCUT2D eigenvalue weighted by atomic mass is 19.4. The lowest BCUT2D eigenvalue weighted by atomic mass is 10.0. The second-order valence-corrected chi connectivity index (χ2v) is 7.95. The number of ether oxygens (including phenoxy) is 1. The Morgan fingerprint density at radius 1 is 1.24 bits per heavy atom. The standard InChI is InChI=1S/C22H22F4N6O2/c1-13-12-31(21(33)16-8-15(23)4-5-17(16)32-7-3-6-30-32)18(14(2)34-13)9-28-20-11-27-19(10-29-20)22(24,25)26/h3-8,10-11,13-14,18H,9,12H2,1-2H3,(H,28,29)/t13-,14+,18-/m1/s1. The van der Waals surface area contributed by atoms with Crippen LogP contribution >= 0.6 is 0 Å². The number of halogens is 4. The molecule has 0 spiro atoms. The Hall–Kier alpha value is -3.54. The molecule has 1 fully saturated rings. The number of morpholine rings is 1. The Kier molecular flexibility index (Phi) is 6.51. The molecule has 1 aliphatic heterocycles. The van der Waals surface area contributed by atoms with Crippen molar-refractivity contribution in [3.05, 3.63) is 66.1 Å². The number of hydrogen-bond donors (Lipinski definition) is 1. The van der Waals surface area contributed by atoms with E-state index in [9.17, 15) is 22.4 Å². The Labute approximate surface area is 192 Å². The summed E-state index contributed by atoms with van der Waals surface area (Å²) in [6, 6.07) is 5.07. The topological polar surface area (TPSA) is 85.2 Å². The number of alkyl halides is 3. The van der Waals surface area contributed by atoms with Crippen LogP contribution in [0.15, 0.2) is 49.1 Å². The van der Waals surface area contributed by atoms with Crippen LogP contribution in [-0.2, 0) is 10.9 Å². The number of carbonyl (C=O) groups excluding carboxylic acids is 1. The van der Waals surface area contributed by atoms with E-state index >= 15 is 0 Å². The fraction of sp³-hybridized carbons (Fsp3) is 0.364. The van der Waals surface area contributed by atoms with Crippen molar-refractivity contribution in [2.45, 2.75) is 38.3 Å². The van der Waals surface area contributed by atoms with Gasteiger partial charge in [-0.3, -0.25) is 4.79 Å². The van der Waals surface area contributed by atoms with Crippen molar-refractivity contribution in [3.63, 3.8) is 0 Å². The van der Waals surface area contributed by atoms with Gasteiger partial charge in [0, 0.05) is 25.5 Å². The molecule has 0 bridgehead atoms. The molecular weight excluding hydrogens is 456 g/mol. The van der Waals surface area contributed by atoms with E-state index in [0.717, 1.165) is 12.3 Å². The molecule has 0 radical (unpaired) electrons. The molecule has 180 valence electrons. The van der Waals surface area contributed by atoms with Gasteiger partial charge < -0.3 is 15.0 Å². The van der Waals surface area contributed by atoms with Crippen molar-refractivity contribution in [1.82, 2.24) is 24.6 Å². The molecule has 1 amide bonds. The van der Waals surface area contributed by atoms with E-state index in [1.165, 1.54) is 16.8 Å². The van der Waals surface area contributed by atoms with E-state index < -0.39 is 35.7 Å². The SMILES string of the molecule is C[C@@H]1CN(C(=O)c2cc(F)ccc2-n2cccn2)[C@H](CNc2cnc(C(F)(F)F)cn2)[C@H](C)O1. The van der Waals surface area contributed by atoms with Crippen molar-refractivity contribution in [1.29, 1.82) is 0 Å². The predicted molar refractivity (Wildman–Crippen MR) is 114 cm³/mol. The summed E-state index contributed by atoms with van der Waals surface area (Å²) < 4.78 is 59.7. The highest BCUT2D eigenvalue weighted by molar-refractivity contribution is 5.98. The van der Waals surface area contributed by atoms with Gasteiger partial charge in [-0.05, 0) is 38.1 Å². The van der Waals surface area contributed by atoms with E-state index in [0.29, 0.717) is 11.9 Å². The average Bonchev–Trinajstić information content (AvgIpc) is 3.32. The van der Waals surface area contributed by atoms with E-state index in [-0.39, 0.29) is 30.6 Å².